The maximum atomic E-state index is 13.2. The lowest BCUT2D eigenvalue weighted by Gasteiger charge is -2.47. The number of esters is 1. The van der Waals surface area contributed by atoms with Crippen molar-refractivity contribution in [2.24, 2.45) is 5.92 Å². The quantitative estimate of drug-likeness (QED) is 0.173. The van der Waals surface area contributed by atoms with Crippen LogP contribution in [0.3, 0.4) is 0 Å². The van der Waals surface area contributed by atoms with Gasteiger partial charge >= 0.3 is 11.9 Å². The first-order valence-electron chi connectivity index (χ1n) is 14.7. The third kappa shape index (κ3) is 6.16. The maximum Gasteiger partial charge on any atom is 0.336 e. The SMILES string of the molecule is CCCCCCC(C)(CO)c1cc(O)c2c(c1)OC(C)(C)[C@@H]1CC=C(C(=O)O[C@@H]3O[C@H](C(=O)O)[C@@H](O)[C@H](O)[C@H]3O)C[C@@H]21. The van der Waals surface area contributed by atoms with Gasteiger partial charge in [0.1, 0.15) is 35.4 Å². The van der Waals surface area contributed by atoms with Gasteiger partial charge in [0.15, 0.2) is 6.10 Å². The van der Waals surface area contributed by atoms with Crippen LogP contribution in [0.25, 0.3) is 0 Å². The number of carboxylic acid groups (broad SMARTS) is 1. The van der Waals surface area contributed by atoms with E-state index in [1.165, 1.54) is 0 Å². The summed E-state index contributed by atoms with van der Waals surface area (Å²) in [5, 5.41) is 61.2. The molecule has 1 unspecified atom stereocenters. The van der Waals surface area contributed by atoms with E-state index in [0.29, 0.717) is 17.7 Å². The van der Waals surface area contributed by atoms with E-state index in [2.05, 4.69) is 6.92 Å². The molecule has 0 aromatic heterocycles. The van der Waals surface area contributed by atoms with E-state index in [1.807, 2.05) is 26.8 Å². The molecule has 6 N–H and O–H groups in total. The first-order valence-corrected chi connectivity index (χ1v) is 14.7. The number of allylic oxidation sites excluding steroid dienone is 1. The molecule has 11 heteroatoms. The van der Waals surface area contributed by atoms with Gasteiger partial charge in [-0.2, -0.15) is 0 Å². The monoisotopic (exact) mass is 592 g/mol. The van der Waals surface area contributed by atoms with Crippen LogP contribution in [0.1, 0.15) is 89.7 Å². The van der Waals surface area contributed by atoms with Crippen molar-refractivity contribution < 1.29 is 54.4 Å². The Bertz CT molecular complexity index is 1190. The van der Waals surface area contributed by atoms with Crippen molar-refractivity contribution in [1.29, 1.82) is 0 Å². The van der Waals surface area contributed by atoms with Crippen LogP contribution in [-0.4, -0.2) is 85.5 Å². The number of aromatic hydroxyl groups is 1. The number of carboxylic acids is 1. The number of phenols is 1. The van der Waals surface area contributed by atoms with Gasteiger partial charge in [-0.15, -0.1) is 0 Å². The van der Waals surface area contributed by atoms with Crippen molar-refractivity contribution in [2.45, 2.75) is 120 Å². The number of ether oxygens (including phenoxy) is 3. The second-order valence-electron chi connectivity index (χ2n) is 12.7. The minimum atomic E-state index is -1.90. The van der Waals surface area contributed by atoms with Crippen molar-refractivity contribution in [1.82, 2.24) is 0 Å². The number of aliphatic hydroxyl groups is 4. The van der Waals surface area contributed by atoms with Gasteiger partial charge in [0.05, 0.1) is 6.61 Å². The molecule has 1 saturated heterocycles. The Kier molecular flexibility index (Phi) is 9.59. The molecular weight excluding hydrogens is 548 g/mol. The first-order chi connectivity index (χ1) is 19.7. The molecule has 1 aromatic carbocycles. The number of unbranched alkanes of at least 4 members (excludes halogenated alkanes) is 3. The average molecular weight is 593 g/mol. The summed E-state index contributed by atoms with van der Waals surface area (Å²) in [4.78, 5) is 24.6. The first kappa shape index (κ1) is 32.2. The van der Waals surface area contributed by atoms with Crippen LogP contribution < -0.4 is 4.74 Å². The number of benzene rings is 1. The lowest BCUT2D eigenvalue weighted by Crippen LogP contribution is -2.60. The Morgan fingerprint density at radius 3 is 2.45 bits per heavy atom. The highest BCUT2D eigenvalue weighted by atomic mass is 16.7. The molecule has 1 fully saturated rings. The van der Waals surface area contributed by atoms with E-state index in [-0.39, 0.29) is 36.2 Å². The normalized spacial score (nSPS) is 31.5. The Morgan fingerprint density at radius 1 is 1.10 bits per heavy atom. The molecule has 11 nitrogen and oxygen atoms in total. The summed E-state index contributed by atoms with van der Waals surface area (Å²) >= 11 is 0. The predicted molar refractivity (Wildman–Crippen MR) is 150 cm³/mol. The van der Waals surface area contributed by atoms with E-state index in [4.69, 9.17) is 14.2 Å². The summed E-state index contributed by atoms with van der Waals surface area (Å²) in [6, 6.07) is 3.55. The second-order valence-corrected chi connectivity index (χ2v) is 12.7. The Hall–Kier alpha value is -2.70. The molecule has 2 aliphatic heterocycles. The van der Waals surface area contributed by atoms with Gasteiger partial charge in [0, 0.05) is 28.4 Å². The third-order valence-electron chi connectivity index (χ3n) is 9.23. The minimum Gasteiger partial charge on any atom is -0.508 e. The second kappa shape index (κ2) is 12.5. The summed E-state index contributed by atoms with van der Waals surface area (Å²) in [5.74, 6) is -2.36. The number of hydrogen-bond donors (Lipinski definition) is 6. The number of carbonyl (C=O) groups is 2. The predicted octanol–water partition coefficient (Wildman–Crippen LogP) is 2.64. The summed E-state index contributed by atoms with van der Waals surface area (Å²) in [5.41, 5.74) is 0.353. The van der Waals surface area contributed by atoms with Crippen LogP contribution in [0.15, 0.2) is 23.8 Å². The fourth-order valence-corrected chi connectivity index (χ4v) is 6.50. The highest BCUT2D eigenvalue weighted by Crippen LogP contribution is 2.55. The number of hydrogen-bond acceptors (Lipinski definition) is 10. The number of fused-ring (bicyclic) bond motifs is 3. The molecule has 8 atom stereocenters. The topological polar surface area (TPSA) is 183 Å². The number of aliphatic carboxylic acids is 1. The number of carbonyl (C=O) groups excluding carboxylic acids is 1. The zero-order chi connectivity index (χ0) is 31.0. The van der Waals surface area contributed by atoms with Gasteiger partial charge < -0.3 is 44.8 Å². The molecule has 0 bridgehead atoms. The zero-order valence-corrected chi connectivity index (χ0v) is 24.7. The van der Waals surface area contributed by atoms with Crippen molar-refractivity contribution in [2.75, 3.05) is 6.61 Å². The molecule has 0 radical (unpaired) electrons. The van der Waals surface area contributed by atoms with Gasteiger partial charge in [0.25, 0.3) is 0 Å². The number of aliphatic hydroxyl groups excluding tert-OH is 4. The molecule has 1 aliphatic carbocycles. The third-order valence-corrected chi connectivity index (χ3v) is 9.23. The zero-order valence-electron chi connectivity index (χ0n) is 24.7. The minimum absolute atomic E-state index is 0.0169. The largest absolute Gasteiger partial charge is 0.508 e. The van der Waals surface area contributed by atoms with E-state index in [1.54, 1.807) is 12.1 Å². The number of rotatable bonds is 10. The lowest BCUT2D eigenvalue weighted by molar-refractivity contribution is -0.285. The Morgan fingerprint density at radius 2 is 1.81 bits per heavy atom. The van der Waals surface area contributed by atoms with Crippen LogP contribution in [0.2, 0.25) is 0 Å². The van der Waals surface area contributed by atoms with E-state index in [0.717, 1.165) is 37.7 Å². The van der Waals surface area contributed by atoms with E-state index in [9.17, 15) is 40.2 Å². The van der Waals surface area contributed by atoms with E-state index < -0.39 is 53.7 Å². The molecule has 3 aliphatic rings. The van der Waals surface area contributed by atoms with Crippen LogP contribution in [-0.2, 0) is 24.5 Å². The molecule has 0 saturated carbocycles. The summed E-state index contributed by atoms with van der Waals surface area (Å²) < 4.78 is 16.8. The molecule has 1 aromatic rings. The molecule has 234 valence electrons. The molecule has 42 heavy (non-hydrogen) atoms. The van der Waals surface area contributed by atoms with Crippen molar-refractivity contribution in [3.05, 3.63) is 34.9 Å². The van der Waals surface area contributed by atoms with Gasteiger partial charge in [-0.25, -0.2) is 9.59 Å². The fraction of sp³-hybridized carbons (Fsp3) is 0.677. The van der Waals surface area contributed by atoms with Crippen molar-refractivity contribution >= 4 is 11.9 Å². The highest BCUT2D eigenvalue weighted by molar-refractivity contribution is 5.89. The van der Waals surface area contributed by atoms with Crippen molar-refractivity contribution in [3.63, 3.8) is 0 Å². The summed E-state index contributed by atoms with van der Waals surface area (Å²) in [6.45, 7) is 7.93. The van der Waals surface area contributed by atoms with Crippen LogP contribution in [0, 0.1) is 5.92 Å². The fourth-order valence-electron chi connectivity index (χ4n) is 6.50. The Balaban J connectivity index is 1.58. The maximum absolute atomic E-state index is 13.2. The average Bonchev–Trinajstić information content (AvgIpc) is 2.94. The molecule has 4 rings (SSSR count). The Labute approximate surface area is 245 Å². The van der Waals surface area contributed by atoms with Crippen LogP contribution in [0.5, 0.6) is 11.5 Å². The van der Waals surface area contributed by atoms with Crippen LogP contribution >= 0.6 is 0 Å². The highest BCUT2D eigenvalue weighted by Gasteiger charge is 2.50. The smallest absolute Gasteiger partial charge is 0.336 e. The molecule has 2 heterocycles. The van der Waals surface area contributed by atoms with Gasteiger partial charge in [-0.1, -0.05) is 45.6 Å². The number of phenolic OH excluding ortho intramolecular Hbond substituents is 1. The molecule has 0 amide bonds. The van der Waals surface area contributed by atoms with Gasteiger partial charge in [-0.05, 0) is 50.8 Å². The van der Waals surface area contributed by atoms with Gasteiger partial charge in [0.2, 0.25) is 6.29 Å². The molecular formula is C31H44O11. The van der Waals surface area contributed by atoms with Gasteiger partial charge in [-0.3, -0.25) is 0 Å². The van der Waals surface area contributed by atoms with Crippen LogP contribution in [0.4, 0.5) is 0 Å². The molecule has 0 spiro atoms. The van der Waals surface area contributed by atoms with Crippen molar-refractivity contribution in [3.8, 4) is 11.5 Å². The summed E-state index contributed by atoms with van der Waals surface area (Å²) in [6.07, 6.45) is -2.11. The summed E-state index contributed by atoms with van der Waals surface area (Å²) in [7, 11) is 0. The standard InChI is InChI=1S/C31H44O11/c1-5-6-7-8-11-31(4,15-32)17-13-20(33)22-18-12-16(9-10-19(18)30(2,3)42-21(22)14-17)28(39)41-29-25(36)23(34)24(35)26(40-29)27(37)38/h9,13-14,18-19,23-26,29,32-36H,5-8,10-12,15H2,1-4H3,(H,37,38)/t18-,19-,23+,24+,25-,26+,29+,31?/m1/s1. The lowest BCUT2D eigenvalue weighted by atomic mass is 9.66. The van der Waals surface area contributed by atoms with E-state index >= 15 is 0 Å².